The molecule has 0 unspecified atom stereocenters. The number of allylic oxidation sites excluding steroid dienone is 1. The van der Waals surface area contributed by atoms with Gasteiger partial charge in [0, 0.05) is 27.2 Å². The van der Waals surface area contributed by atoms with E-state index in [1.807, 2.05) is 17.7 Å². The zero-order valence-electron chi connectivity index (χ0n) is 13.5. The van der Waals surface area contributed by atoms with Crippen molar-refractivity contribution in [3.05, 3.63) is 24.8 Å². The molecule has 1 aromatic heterocycles. The predicted octanol–water partition coefficient (Wildman–Crippen LogP) is 1.96. The van der Waals surface area contributed by atoms with Gasteiger partial charge in [0.15, 0.2) is 11.8 Å². The number of nitrogens with zero attached hydrogens (tertiary/aromatic N) is 5. The van der Waals surface area contributed by atoms with Gasteiger partial charge in [-0.2, -0.15) is 0 Å². The van der Waals surface area contributed by atoms with Crippen LogP contribution >= 0.6 is 0 Å². The first-order valence-corrected chi connectivity index (χ1v) is 7.62. The number of aryl methyl sites for hydroxylation is 1. The zero-order chi connectivity index (χ0) is 15.5. The summed E-state index contributed by atoms with van der Waals surface area (Å²) in [4.78, 5) is 6.80. The third-order valence-electron chi connectivity index (χ3n) is 3.27. The molecule has 0 amide bonds. The van der Waals surface area contributed by atoms with Crippen molar-refractivity contribution in [3.8, 4) is 0 Å². The largest absolute Gasteiger partial charge is 0.357 e. The van der Waals surface area contributed by atoms with Gasteiger partial charge in [-0.15, -0.1) is 16.8 Å². The van der Waals surface area contributed by atoms with E-state index in [4.69, 9.17) is 0 Å². The molecule has 0 bridgehead atoms. The molecule has 0 radical (unpaired) electrons. The first-order valence-electron chi connectivity index (χ1n) is 7.62. The van der Waals surface area contributed by atoms with Gasteiger partial charge in [-0.1, -0.05) is 12.5 Å². The highest BCUT2D eigenvalue weighted by Crippen LogP contribution is 2.02. The molecule has 0 aliphatic heterocycles. The molecule has 0 aliphatic carbocycles. The molecule has 0 atom stereocenters. The molecule has 21 heavy (non-hydrogen) atoms. The van der Waals surface area contributed by atoms with Crippen LogP contribution in [0.3, 0.4) is 0 Å². The van der Waals surface area contributed by atoms with Gasteiger partial charge in [0.2, 0.25) is 0 Å². The fourth-order valence-electron chi connectivity index (χ4n) is 1.99. The summed E-state index contributed by atoms with van der Waals surface area (Å²) >= 11 is 0. The van der Waals surface area contributed by atoms with Crippen molar-refractivity contribution in [2.24, 2.45) is 12.0 Å². The number of nitrogens with one attached hydrogen (secondary N) is 1. The van der Waals surface area contributed by atoms with Crippen LogP contribution in [0.25, 0.3) is 0 Å². The molecule has 0 saturated heterocycles. The first kappa shape index (κ1) is 17.2. The highest BCUT2D eigenvalue weighted by atomic mass is 15.3. The van der Waals surface area contributed by atoms with E-state index in [0.717, 1.165) is 31.3 Å². The topological polar surface area (TPSA) is 58.3 Å². The van der Waals surface area contributed by atoms with Crippen LogP contribution in [0, 0.1) is 0 Å². The normalized spacial score (nSPS) is 11.5. The lowest BCUT2D eigenvalue weighted by Crippen LogP contribution is -2.39. The average Bonchev–Trinajstić information content (AvgIpc) is 2.88. The average molecular weight is 292 g/mol. The van der Waals surface area contributed by atoms with Crippen LogP contribution in [0.2, 0.25) is 0 Å². The van der Waals surface area contributed by atoms with Gasteiger partial charge in [0.25, 0.3) is 0 Å². The minimum Gasteiger partial charge on any atom is -0.357 e. The summed E-state index contributed by atoms with van der Waals surface area (Å²) in [6.45, 7) is 8.23. The molecule has 1 heterocycles. The fourth-order valence-corrected chi connectivity index (χ4v) is 1.99. The molecule has 6 heteroatoms. The van der Waals surface area contributed by atoms with Crippen LogP contribution < -0.4 is 5.32 Å². The highest BCUT2D eigenvalue weighted by Gasteiger charge is 2.06. The van der Waals surface area contributed by atoms with Gasteiger partial charge in [0.05, 0.1) is 0 Å². The predicted molar refractivity (Wildman–Crippen MR) is 87.1 cm³/mol. The summed E-state index contributed by atoms with van der Waals surface area (Å²) in [6.07, 6.45) is 8.38. The van der Waals surface area contributed by atoms with Gasteiger partial charge in [0.1, 0.15) is 12.9 Å². The van der Waals surface area contributed by atoms with E-state index in [1.54, 1.807) is 6.33 Å². The van der Waals surface area contributed by atoms with Crippen LogP contribution in [0.4, 0.5) is 0 Å². The monoisotopic (exact) mass is 292 g/mol. The quantitative estimate of drug-likeness (QED) is 0.327. The fraction of sp³-hybridized carbons (Fsp3) is 0.667. The Morgan fingerprint density at radius 1 is 1.48 bits per heavy atom. The van der Waals surface area contributed by atoms with Crippen LogP contribution in [-0.4, -0.2) is 45.8 Å². The Morgan fingerprint density at radius 3 is 2.90 bits per heavy atom. The maximum atomic E-state index is 4.62. The lowest BCUT2D eigenvalue weighted by molar-refractivity contribution is 0.454. The van der Waals surface area contributed by atoms with Gasteiger partial charge < -0.3 is 14.8 Å². The first-order chi connectivity index (χ1) is 10.2. The number of hydrogen-bond donors (Lipinski definition) is 1. The smallest absolute Gasteiger partial charge is 0.194 e. The Hall–Kier alpha value is -1.85. The summed E-state index contributed by atoms with van der Waals surface area (Å²) in [5, 5.41) is 11.2. The standard InChI is InChI=1S/C15H28N6/c1-5-7-8-9-10-11-20(3)15(16-6-2)17-12-14-19-18-13-21(14)4/h5,13H,1,6-12H2,2-4H3,(H,16,17). The summed E-state index contributed by atoms with van der Waals surface area (Å²) in [6, 6.07) is 0. The molecule has 0 fully saturated rings. The van der Waals surface area contributed by atoms with Gasteiger partial charge in [-0.3, -0.25) is 0 Å². The van der Waals surface area contributed by atoms with Gasteiger partial charge >= 0.3 is 0 Å². The molecular formula is C15H28N6. The van der Waals surface area contributed by atoms with E-state index in [0.29, 0.717) is 6.54 Å². The van der Waals surface area contributed by atoms with E-state index in [2.05, 4.69) is 46.0 Å². The Morgan fingerprint density at radius 2 is 2.29 bits per heavy atom. The molecule has 0 aliphatic rings. The minimum atomic E-state index is 0.541. The second kappa shape index (κ2) is 9.96. The Bertz CT molecular complexity index is 437. The molecular weight excluding hydrogens is 264 g/mol. The summed E-state index contributed by atoms with van der Waals surface area (Å²) in [7, 11) is 4.01. The van der Waals surface area contributed by atoms with E-state index in [1.165, 1.54) is 19.3 Å². The number of aromatic nitrogens is 3. The number of hydrogen-bond acceptors (Lipinski definition) is 3. The van der Waals surface area contributed by atoms with Crippen LogP contribution in [0.1, 0.15) is 38.4 Å². The van der Waals surface area contributed by atoms with Crippen molar-refractivity contribution in [2.75, 3.05) is 20.1 Å². The Kier molecular flexibility index (Phi) is 8.16. The van der Waals surface area contributed by atoms with E-state index in [-0.39, 0.29) is 0 Å². The maximum Gasteiger partial charge on any atom is 0.194 e. The highest BCUT2D eigenvalue weighted by molar-refractivity contribution is 5.79. The minimum absolute atomic E-state index is 0.541. The van der Waals surface area contributed by atoms with Crippen LogP contribution in [0.5, 0.6) is 0 Å². The summed E-state index contributed by atoms with van der Waals surface area (Å²) in [5.74, 6) is 1.79. The molecule has 1 aromatic rings. The van der Waals surface area contributed by atoms with Crippen molar-refractivity contribution >= 4 is 5.96 Å². The van der Waals surface area contributed by atoms with Crippen molar-refractivity contribution in [1.82, 2.24) is 25.0 Å². The second-order valence-corrected chi connectivity index (χ2v) is 5.09. The Balaban J connectivity index is 2.46. The number of rotatable bonds is 9. The third kappa shape index (κ3) is 6.42. The van der Waals surface area contributed by atoms with Crippen molar-refractivity contribution in [3.63, 3.8) is 0 Å². The van der Waals surface area contributed by atoms with Crippen LogP contribution in [-0.2, 0) is 13.6 Å². The number of aliphatic imine (C=N–C) groups is 1. The lowest BCUT2D eigenvalue weighted by atomic mass is 10.2. The SMILES string of the molecule is C=CCCCCCN(C)C(=NCc1nncn1C)NCC. The van der Waals surface area contributed by atoms with Crippen molar-refractivity contribution in [2.45, 2.75) is 39.2 Å². The van der Waals surface area contributed by atoms with E-state index < -0.39 is 0 Å². The van der Waals surface area contributed by atoms with Crippen molar-refractivity contribution in [1.29, 1.82) is 0 Å². The summed E-state index contributed by atoms with van der Waals surface area (Å²) in [5.41, 5.74) is 0. The second-order valence-electron chi connectivity index (χ2n) is 5.09. The van der Waals surface area contributed by atoms with Gasteiger partial charge in [-0.05, 0) is 26.2 Å². The Labute approximate surface area is 128 Å². The van der Waals surface area contributed by atoms with Gasteiger partial charge in [-0.25, -0.2) is 4.99 Å². The molecule has 0 saturated carbocycles. The van der Waals surface area contributed by atoms with E-state index in [9.17, 15) is 0 Å². The van der Waals surface area contributed by atoms with Crippen molar-refractivity contribution < 1.29 is 0 Å². The molecule has 6 nitrogen and oxygen atoms in total. The summed E-state index contributed by atoms with van der Waals surface area (Å²) < 4.78 is 1.89. The molecule has 118 valence electrons. The lowest BCUT2D eigenvalue weighted by Gasteiger charge is -2.21. The van der Waals surface area contributed by atoms with Crippen LogP contribution in [0.15, 0.2) is 24.0 Å². The zero-order valence-corrected chi connectivity index (χ0v) is 13.5. The molecule has 0 aromatic carbocycles. The number of guanidine groups is 1. The number of unbranched alkanes of at least 4 members (excludes halogenated alkanes) is 3. The molecule has 1 N–H and O–H groups in total. The maximum absolute atomic E-state index is 4.62. The third-order valence-corrected chi connectivity index (χ3v) is 3.27. The molecule has 1 rings (SSSR count). The van der Waals surface area contributed by atoms with E-state index >= 15 is 0 Å². The molecule has 0 spiro atoms.